The van der Waals surface area contributed by atoms with Crippen molar-refractivity contribution in [2.24, 2.45) is 0 Å². The summed E-state index contributed by atoms with van der Waals surface area (Å²) in [5.74, 6) is -1.86. The van der Waals surface area contributed by atoms with Crippen LogP contribution < -0.4 is 15.2 Å². The minimum Gasteiger partial charge on any atom is -0.505 e. The summed E-state index contributed by atoms with van der Waals surface area (Å²) in [6, 6.07) is 29.7. The number of aromatic hydroxyl groups is 1. The summed E-state index contributed by atoms with van der Waals surface area (Å²) >= 11 is 0. The molecule has 13 nitrogen and oxygen atoms in total. The van der Waals surface area contributed by atoms with E-state index < -0.39 is 17.9 Å². The number of carbonyl (C=O) groups is 3. The summed E-state index contributed by atoms with van der Waals surface area (Å²) in [7, 11) is 6.86. The second kappa shape index (κ2) is 37.9. The molecule has 9 aromatic rings. The van der Waals surface area contributed by atoms with Crippen molar-refractivity contribution in [1.29, 1.82) is 0 Å². The molecule has 0 aliphatic heterocycles. The average molecular weight is 1170 g/mol. The fourth-order valence-corrected chi connectivity index (χ4v) is 8.31. The van der Waals surface area contributed by atoms with Gasteiger partial charge in [0.1, 0.15) is 50.7 Å². The third-order valence-electron chi connectivity index (χ3n) is 12.0. The highest BCUT2D eigenvalue weighted by Crippen LogP contribution is 2.36. The van der Waals surface area contributed by atoms with E-state index in [1.54, 1.807) is 67.1 Å². The summed E-state index contributed by atoms with van der Waals surface area (Å²) in [5, 5.41) is 12.6. The number of phenolic OH excluding ortho intramolecular Hbond substituents is 1. The number of rotatable bonds is 11. The van der Waals surface area contributed by atoms with E-state index in [-0.39, 0.29) is 56.6 Å². The lowest BCUT2D eigenvalue weighted by Crippen LogP contribution is -2.07. The Morgan fingerprint density at radius 2 is 0.706 bits per heavy atom. The maximum atomic E-state index is 13.0. The number of halogens is 3. The van der Waals surface area contributed by atoms with E-state index >= 15 is 0 Å². The number of ether oxygens (including phenoxy) is 5. The van der Waals surface area contributed by atoms with Gasteiger partial charge in [0.15, 0.2) is 17.2 Å². The lowest BCUT2D eigenvalue weighted by atomic mass is 10.00. The van der Waals surface area contributed by atoms with Crippen LogP contribution in [0.3, 0.4) is 0 Å². The van der Waals surface area contributed by atoms with Crippen molar-refractivity contribution >= 4 is 56.3 Å². The van der Waals surface area contributed by atoms with Gasteiger partial charge in [0.2, 0.25) is 0 Å². The molecule has 0 aliphatic carbocycles. The number of methoxy groups -OCH3 is 5. The molecular weight excluding hydrogens is 1090 g/mol. The smallest absolute Gasteiger partial charge is 0.341 e. The Bertz CT molecular complexity index is 3380. The zero-order chi connectivity index (χ0) is 61.2. The first-order valence-corrected chi connectivity index (χ1v) is 26.9. The number of aryl methyl sites for hydroxylation is 2. The van der Waals surface area contributed by atoms with Crippen LogP contribution in [0, 0.1) is 31.3 Å². The first kappa shape index (κ1) is 76.0. The monoisotopic (exact) mass is 1170 g/mol. The largest absolute Gasteiger partial charge is 0.505 e. The number of carbonyl (C=O) groups excluding carboxylic acids is 3. The number of pyridine rings is 3. The van der Waals surface area contributed by atoms with E-state index in [4.69, 9.17) is 24.7 Å². The van der Waals surface area contributed by atoms with Crippen molar-refractivity contribution < 1.29 is 56.3 Å². The third-order valence-corrected chi connectivity index (χ3v) is 12.0. The average Bonchev–Trinajstić information content (AvgIpc) is 2.11. The lowest BCUT2D eigenvalue weighted by Gasteiger charge is -2.13. The Morgan fingerprint density at radius 1 is 0.424 bits per heavy atom. The molecule has 0 bridgehead atoms. The molecule has 0 saturated carbocycles. The van der Waals surface area contributed by atoms with Crippen molar-refractivity contribution in [3.05, 3.63) is 206 Å². The molecule has 0 fully saturated rings. The number of esters is 3. The van der Waals surface area contributed by atoms with Gasteiger partial charge in [0.05, 0.1) is 35.5 Å². The van der Waals surface area contributed by atoms with Crippen molar-refractivity contribution in [2.75, 3.05) is 41.3 Å². The highest BCUT2D eigenvalue weighted by Gasteiger charge is 2.22. The molecular formula is C69H87F3N4O9. The quantitative estimate of drug-likeness (QED) is 0.0709. The number of anilines is 1. The molecule has 6 aromatic carbocycles. The summed E-state index contributed by atoms with van der Waals surface area (Å²) in [5.41, 5.74) is 16.1. The van der Waals surface area contributed by atoms with Gasteiger partial charge in [0, 0.05) is 40.4 Å². The van der Waals surface area contributed by atoms with Gasteiger partial charge in [-0.05, 0) is 150 Å². The van der Waals surface area contributed by atoms with Crippen LogP contribution in [0.15, 0.2) is 128 Å². The summed E-state index contributed by atoms with van der Waals surface area (Å²) in [6.45, 7) is 19.8. The fraction of sp³-hybridized carbons (Fsp3) is 0.304. The molecule has 0 atom stereocenters. The van der Waals surface area contributed by atoms with Gasteiger partial charge in [-0.3, -0.25) is 15.0 Å². The van der Waals surface area contributed by atoms with Gasteiger partial charge in [-0.25, -0.2) is 27.6 Å². The van der Waals surface area contributed by atoms with Crippen LogP contribution in [0.4, 0.5) is 18.9 Å². The number of nitrogen functional groups attached to an aromatic ring is 1. The lowest BCUT2D eigenvalue weighted by molar-refractivity contribution is 0.0588. The Kier molecular flexibility index (Phi) is 33.9. The minimum atomic E-state index is -0.602. The van der Waals surface area contributed by atoms with Crippen LogP contribution >= 0.6 is 0 Å². The van der Waals surface area contributed by atoms with Crippen LogP contribution in [-0.4, -0.2) is 73.5 Å². The van der Waals surface area contributed by atoms with Crippen molar-refractivity contribution in [1.82, 2.24) is 15.0 Å². The molecule has 0 saturated heterocycles. The molecule has 0 aliphatic rings. The highest BCUT2D eigenvalue weighted by atomic mass is 19.1. The van der Waals surface area contributed by atoms with E-state index in [1.807, 2.05) is 87.4 Å². The number of phenols is 1. The Labute approximate surface area is 501 Å². The van der Waals surface area contributed by atoms with E-state index in [1.165, 1.54) is 78.0 Å². The van der Waals surface area contributed by atoms with E-state index in [9.17, 15) is 32.7 Å². The molecule has 3 heterocycles. The summed E-state index contributed by atoms with van der Waals surface area (Å²) in [4.78, 5) is 48.8. The molecule has 458 valence electrons. The first-order chi connectivity index (χ1) is 39.5. The highest BCUT2D eigenvalue weighted by molar-refractivity contribution is 6.05. The molecule has 0 spiro atoms. The van der Waals surface area contributed by atoms with E-state index in [2.05, 4.69) is 19.7 Å². The summed E-state index contributed by atoms with van der Waals surface area (Å²) < 4.78 is 64.1. The molecule has 0 radical (unpaired) electrons. The third kappa shape index (κ3) is 19.8. The van der Waals surface area contributed by atoms with Gasteiger partial charge in [-0.1, -0.05) is 114 Å². The maximum Gasteiger partial charge on any atom is 0.341 e. The minimum absolute atomic E-state index is 0. The molecule has 9 rings (SSSR count). The van der Waals surface area contributed by atoms with Gasteiger partial charge >= 0.3 is 17.9 Å². The van der Waals surface area contributed by atoms with Gasteiger partial charge in [0.25, 0.3) is 0 Å². The molecule has 0 amide bonds. The SMILES string of the molecule is C.C.C.CC.CC.CC.CC.COC(=O)c1cc(C)c2cc(Cc3ccc(F)cc3)cnc2c1O.COC(=O)c1cc(C)c2cc(Cc3ccc(F)cc3)cnc2c1OC.COC(=O)c1cc(N)c2cc(Cc3ccc(F)cc3)cnc2c1OC. The number of nitrogens with two attached hydrogens (primary N) is 1. The number of fused-ring (bicyclic) bond motifs is 3. The molecule has 16 heteroatoms. The molecule has 85 heavy (non-hydrogen) atoms. The number of hydrogen-bond donors (Lipinski definition) is 2. The maximum absolute atomic E-state index is 13.0. The van der Waals surface area contributed by atoms with Crippen LogP contribution in [0.5, 0.6) is 17.2 Å². The van der Waals surface area contributed by atoms with Crippen molar-refractivity contribution in [2.45, 2.75) is 111 Å². The van der Waals surface area contributed by atoms with E-state index in [0.29, 0.717) is 63.9 Å². The normalized spacial score (nSPS) is 9.62. The van der Waals surface area contributed by atoms with E-state index in [0.717, 1.165) is 55.3 Å². The number of aromatic nitrogens is 3. The zero-order valence-electron chi connectivity index (χ0n) is 49.5. The first-order valence-electron chi connectivity index (χ1n) is 26.9. The Hall–Kier alpha value is -9.05. The van der Waals surface area contributed by atoms with Gasteiger partial charge in [-0.2, -0.15) is 0 Å². The topological polar surface area (TPSA) is 182 Å². The predicted octanol–water partition coefficient (Wildman–Crippen LogP) is 17.2. The zero-order valence-corrected chi connectivity index (χ0v) is 49.5. The summed E-state index contributed by atoms with van der Waals surface area (Å²) in [6.07, 6.45) is 6.91. The van der Waals surface area contributed by atoms with Gasteiger partial charge < -0.3 is 34.5 Å². The number of benzene rings is 6. The Morgan fingerprint density at radius 3 is 1.05 bits per heavy atom. The number of hydrogen-bond acceptors (Lipinski definition) is 13. The van der Waals surface area contributed by atoms with Crippen LogP contribution in [-0.2, 0) is 33.5 Å². The number of nitrogens with zero attached hydrogens (tertiary/aromatic N) is 3. The van der Waals surface area contributed by atoms with Gasteiger partial charge in [-0.15, -0.1) is 0 Å². The molecule has 3 N–H and O–H groups in total. The Balaban J connectivity index is 0.00000115. The standard InChI is InChI=1S/C20H18FNO3.C19H17FN2O3.C19H16FNO3.4C2H6.3CH4/c1-12-8-17(20(23)25-3)19(24-2)18-16(12)10-14(11-22-18)9-13-4-6-15(21)7-5-13;1-24-18-15(19(23)25-2)9-16(21)14-8-12(10-22-17(14)18)7-11-3-5-13(20)6-4-11;1-11-7-16(19(23)24-2)18(22)17-15(11)9-13(10-21-17)8-12-3-5-14(20)6-4-12;4*1-2;;;/h4-8,10-11H,9H2,1-3H3;3-6,8-10H,7,21H2,1-2H3;3-7,9-10,22H,8H2,1-2H3;4*1-2H3;3*1H4. The molecule has 3 aromatic heterocycles. The van der Waals surface area contributed by atoms with Crippen molar-refractivity contribution in [3.63, 3.8) is 0 Å². The van der Waals surface area contributed by atoms with Crippen molar-refractivity contribution in [3.8, 4) is 17.2 Å². The second-order valence-corrected chi connectivity index (χ2v) is 17.0. The van der Waals surface area contributed by atoms with Crippen LogP contribution in [0.1, 0.15) is 153 Å². The fourth-order valence-electron chi connectivity index (χ4n) is 8.31. The second-order valence-electron chi connectivity index (χ2n) is 17.0. The van der Waals surface area contributed by atoms with Crippen LogP contribution in [0.25, 0.3) is 32.7 Å². The van der Waals surface area contributed by atoms with Crippen LogP contribution in [0.2, 0.25) is 0 Å². The predicted molar refractivity (Wildman–Crippen MR) is 341 cm³/mol. The molecule has 0 unspecified atom stereocenters.